The Labute approximate surface area is 277 Å². The van der Waals surface area contributed by atoms with Crippen LogP contribution in [0, 0.1) is 11.7 Å². The van der Waals surface area contributed by atoms with Crippen LogP contribution < -0.4 is 10.6 Å². The van der Waals surface area contributed by atoms with E-state index in [1.165, 1.54) is 31.1 Å². The van der Waals surface area contributed by atoms with E-state index in [-0.39, 0.29) is 41.1 Å². The fourth-order valence-electron chi connectivity index (χ4n) is 7.26. The molecule has 49 heavy (non-hydrogen) atoms. The molecule has 2 amide bonds. The van der Waals surface area contributed by atoms with Gasteiger partial charge in [0.2, 0.25) is 11.8 Å². The molecule has 1 unspecified atom stereocenters. The molecule has 4 aliphatic rings. The third-order valence-corrected chi connectivity index (χ3v) is 9.68. The number of nitrogens with two attached hydrogens (primary N) is 1. The Balaban J connectivity index is 1.21. The summed E-state index contributed by atoms with van der Waals surface area (Å²) < 4.78 is 81.8. The molecule has 10 nitrogen and oxygen atoms in total. The Kier molecular flexibility index (Phi) is 7.72. The maximum atomic E-state index is 16.2. The van der Waals surface area contributed by atoms with Crippen LogP contribution in [-0.2, 0) is 33.3 Å². The summed E-state index contributed by atoms with van der Waals surface area (Å²) >= 11 is 0. The van der Waals surface area contributed by atoms with Crippen molar-refractivity contribution >= 4 is 17.7 Å². The summed E-state index contributed by atoms with van der Waals surface area (Å²) in [6.07, 6.45) is -3.19. The summed E-state index contributed by atoms with van der Waals surface area (Å²) in [5, 5.41) is 8.32. The molecule has 0 spiro atoms. The highest BCUT2D eigenvalue weighted by Crippen LogP contribution is 2.52. The minimum absolute atomic E-state index is 0.0731. The highest BCUT2D eigenvalue weighted by atomic mass is 19.4. The minimum Gasteiger partial charge on any atom is -0.453 e. The van der Waals surface area contributed by atoms with Gasteiger partial charge in [-0.15, -0.1) is 10.2 Å². The van der Waals surface area contributed by atoms with E-state index in [9.17, 15) is 22.8 Å². The van der Waals surface area contributed by atoms with Crippen molar-refractivity contribution in [3.63, 3.8) is 0 Å². The number of benzene rings is 2. The lowest BCUT2D eigenvalue weighted by Gasteiger charge is -2.53. The molecule has 4 aromatic rings. The molecule has 2 atom stereocenters. The minimum atomic E-state index is -4.51. The van der Waals surface area contributed by atoms with Gasteiger partial charge in [0.15, 0.2) is 0 Å². The molecule has 15 heteroatoms. The van der Waals surface area contributed by atoms with Crippen molar-refractivity contribution in [1.82, 2.24) is 20.1 Å². The lowest BCUT2D eigenvalue weighted by molar-refractivity contribution is -0.137. The second kappa shape index (κ2) is 11.6. The van der Waals surface area contributed by atoms with E-state index in [4.69, 9.17) is 14.9 Å². The van der Waals surface area contributed by atoms with Crippen molar-refractivity contribution in [2.75, 3.05) is 25.1 Å². The van der Waals surface area contributed by atoms with Gasteiger partial charge in [-0.05, 0) is 55.5 Å². The van der Waals surface area contributed by atoms with Crippen LogP contribution in [0.5, 0.6) is 0 Å². The number of fused-ring (bicyclic) bond motifs is 3. The lowest BCUT2D eigenvalue weighted by Crippen LogP contribution is -2.60. The quantitative estimate of drug-likeness (QED) is 0.249. The van der Waals surface area contributed by atoms with Gasteiger partial charge in [0, 0.05) is 36.8 Å². The van der Waals surface area contributed by atoms with E-state index in [2.05, 4.69) is 15.2 Å². The number of nitrogens with zero attached hydrogens (tertiary/aromatic N) is 5. The maximum Gasteiger partial charge on any atom is 0.417 e. The molecule has 1 saturated carbocycles. The van der Waals surface area contributed by atoms with Crippen LogP contribution in [0.4, 0.5) is 32.4 Å². The number of amides is 2. The molecule has 3 fully saturated rings. The first-order chi connectivity index (χ1) is 23.2. The van der Waals surface area contributed by atoms with Gasteiger partial charge in [-0.1, -0.05) is 24.3 Å². The van der Waals surface area contributed by atoms with Crippen molar-refractivity contribution in [2.24, 2.45) is 11.7 Å². The fourth-order valence-corrected chi connectivity index (χ4v) is 7.26. The number of anilines is 1. The van der Waals surface area contributed by atoms with Crippen molar-refractivity contribution in [1.29, 1.82) is 0 Å². The highest BCUT2D eigenvalue weighted by molar-refractivity contribution is 5.99. The number of hydrogen-bond donors (Lipinski definition) is 1. The second-order valence-electron chi connectivity index (χ2n) is 13.2. The molecule has 1 aliphatic carbocycles. The summed E-state index contributed by atoms with van der Waals surface area (Å²) in [5.74, 6) is -1.12. The molecule has 2 bridgehead atoms. The summed E-state index contributed by atoms with van der Waals surface area (Å²) in [6, 6.07) is 9.88. The first-order valence-electron chi connectivity index (χ1n) is 15.6. The van der Waals surface area contributed by atoms with Crippen LogP contribution in [0.25, 0.3) is 22.7 Å². The number of piperidine rings is 2. The van der Waals surface area contributed by atoms with Crippen LogP contribution in [0.1, 0.15) is 48.8 Å². The number of rotatable bonds is 5. The summed E-state index contributed by atoms with van der Waals surface area (Å²) in [4.78, 5) is 32.6. The average molecular weight is 683 g/mol. The summed E-state index contributed by atoms with van der Waals surface area (Å²) in [5.41, 5.74) is 3.81. The second-order valence-corrected chi connectivity index (χ2v) is 13.2. The normalized spacial score (nSPS) is 25.0. The monoisotopic (exact) mass is 682 g/mol. The van der Waals surface area contributed by atoms with Crippen molar-refractivity contribution < 1.29 is 40.7 Å². The Bertz CT molecular complexity index is 1920. The zero-order valence-electron chi connectivity index (χ0n) is 26.4. The third kappa shape index (κ3) is 5.79. The predicted molar refractivity (Wildman–Crippen MR) is 165 cm³/mol. The van der Waals surface area contributed by atoms with E-state index in [1.807, 2.05) is 0 Å². The van der Waals surface area contributed by atoms with Crippen LogP contribution in [-0.4, -0.2) is 58.3 Å². The zero-order chi connectivity index (χ0) is 34.9. The molecular formula is C34H31F5N6O4. The summed E-state index contributed by atoms with van der Waals surface area (Å²) in [7, 11) is 1.31. The molecule has 0 radical (unpaired) electrons. The number of pyridine rings is 1. The highest BCUT2D eigenvalue weighted by Gasteiger charge is 2.56. The maximum absolute atomic E-state index is 16.2. The average Bonchev–Trinajstić information content (AvgIpc) is 3.54. The third-order valence-electron chi connectivity index (χ3n) is 9.68. The first-order valence-corrected chi connectivity index (χ1v) is 15.6. The van der Waals surface area contributed by atoms with Gasteiger partial charge in [0.25, 0.3) is 5.89 Å². The van der Waals surface area contributed by atoms with Crippen molar-refractivity contribution in [2.45, 2.75) is 56.0 Å². The SMILES string of the molecule is COC(=O)N1CC2CC(c3nnc(-c4cc5c(cc4F)C(C)(F)C[C@@H](N)C(=O)N5Cc4ccc(-c5ccc(C(F)(F)F)cn5)cc4)o3)(C2)C1. The Hall–Kier alpha value is -4.92. The molecule has 2 aromatic carbocycles. The number of halogens is 5. The molecule has 2 aromatic heterocycles. The first kappa shape index (κ1) is 32.6. The zero-order valence-corrected chi connectivity index (χ0v) is 26.4. The molecule has 3 aliphatic heterocycles. The van der Waals surface area contributed by atoms with Gasteiger partial charge in [-0.3, -0.25) is 9.78 Å². The lowest BCUT2D eigenvalue weighted by atomic mass is 9.58. The summed E-state index contributed by atoms with van der Waals surface area (Å²) in [6.45, 7) is 2.01. The van der Waals surface area contributed by atoms with E-state index >= 15 is 8.78 Å². The standard InChI is InChI=1S/C34H31F5N6O4/c1-32(36)13-25(40)29(46)45(16-18-3-5-20(6-4-18)26-8-7-21(14-41-26)34(37,38)39)27-9-22(24(35)10-23(27)32)28-42-43-30(49-28)33-11-19(12-33)15-44(17-33)31(47)48-2/h3-10,14,19,25H,11-13,15-17,40H2,1-2H3/t19?,25-,32?,33?/m1/s1. The number of alkyl halides is 4. The van der Waals surface area contributed by atoms with Crippen LogP contribution in [0.2, 0.25) is 0 Å². The number of carbonyl (C=O) groups is 2. The number of aromatic nitrogens is 3. The number of carbonyl (C=O) groups excluding carboxylic acids is 2. The van der Waals surface area contributed by atoms with Crippen molar-refractivity contribution in [3.05, 3.63) is 83.1 Å². The molecule has 2 N–H and O–H groups in total. The molecule has 2 saturated heterocycles. The molecule has 8 rings (SSSR count). The van der Waals surface area contributed by atoms with Gasteiger partial charge < -0.3 is 24.7 Å². The number of ether oxygens (including phenoxy) is 1. The van der Waals surface area contributed by atoms with E-state index in [1.54, 1.807) is 29.2 Å². The number of methoxy groups -OCH3 is 1. The van der Waals surface area contributed by atoms with Crippen LogP contribution in [0.15, 0.2) is 59.1 Å². The van der Waals surface area contributed by atoms with Gasteiger partial charge in [0.05, 0.1) is 47.6 Å². The Morgan fingerprint density at radius 3 is 2.49 bits per heavy atom. The van der Waals surface area contributed by atoms with Gasteiger partial charge in [-0.2, -0.15) is 13.2 Å². The number of hydrogen-bond acceptors (Lipinski definition) is 8. The van der Waals surface area contributed by atoms with E-state index < -0.39 is 53.1 Å². The molecule has 256 valence electrons. The topological polar surface area (TPSA) is 128 Å². The molecule has 5 heterocycles. The predicted octanol–water partition coefficient (Wildman–Crippen LogP) is 6.14. The largest absolute Gasteiger partial charge is 0.453 e. The molecular weight excluding hydrogens is 651 g/mol. The van der Waals surface area contributed by atoms with Gasteiger partial charge >= 0.3 is 12.3 Å². The smallest absolute Gasteiger partial charge is 0.417 e. The van der Waals surface area contributed by atoms with Crippen LogP contribution in [0.3, 0.4) is 0 Å². The van der Waals surface area contributed by atoms with Crippen molar-refractivity contribution in [3.8, 4) is 22.7 Å². The van der Waals surface area contributed by atoms with Gasteiger partial charge in [0.1, 0.15) is 11.5 Å². The van der Waals surface area contributed by atoms with Crippen LogP contribution >= 0.6 is 0 Å². The van der Waals surface area contributed by atoms with Gasteiger partial charge in [-0.25, -0.2) is 13.6 Å². The van der Waals surface area contributed by atoms with E-state index in [0.717, 1.165) is 18.3 Å². The Morgan fingerprint density at radius 1 is 1.10 bits per heavy atom. The Morgan fingerprint density at radius 2 is 1.84 bits per heavy atom. The van der Waals surface area contributed by atoms with E-state index in [0.29, 0.717) is 42.8 Å². The fraction of sp³-hybridized carbons (Fsp3) is 0.382.